The third-order valence-electron chi connectivity index (χ3n) is 4.16. The molecule has 2 aromatic carbocycles. The Morgan fingerprint density at radius 2 is 1.71 bits per heavy atom. The fraction of sp³-hybridized carbons (Fsp3) is 0.278. The first-order valence-electron chi connectivity index (χ1n) is 7.31. The van der Waals surface area contributed by atoms with Gasteiger partial charge in [0.2, 0.25) is 0 Å². The normalized spacial score (nSPS) is 18.2. The highest BCUT2D eigenvalue weighted by atomic mass is 16.4. The molecule has 1 heterocycles. The topological polar surface area (TPSA) is 40.5 Å². The number of rotatable bonds is 4. The molecule has 0 fully saturated rings. The molecule has 0 radical (unpaired) electrons. The minimum absolute atomic E-state index is 0.413. The molecule has 2 aromatic rings. The Balaban J connectivity index is 1.75. The van der Waals surface area contributed by atoms with E-state index in [9.17, 15) is 9.90 Å². The molecule has 3 heteroatoms. The van der Waals surface area contributed by atoms with E-state index in [0.717, 1.165) is 19.5 Å². The lowest BCUT2D eigenvalue weighted by molar-refractivity contribution is -0.143. The summed E-state index contributed by atoms with van der Waals surface area (Å²) in [6, 6.07) is 18.0. The molecule has 0 bridgehead atoms. The molecule has 0 spiro atoms. The molecule has 0 aliphatic carbocycles. The van der Waals surface area contributed by atoms with Crippen LogP contribution in [0.5, 0.6) is 0 Å². The van der Waals surface area contributed by atoms with Gasteiger partial charge in [0.05, 0.1) is 0 Å². The number of benzene rings is 2. The third-order valence-corrected chi connectivity index (χ3v) is 4.16. The lowest BCUT2D eigenvalue weighted by Crippen LogP contribution is -2.46. The van der Waals surface area contributed by atoms with Gasteiger partial charge in [-0.1, -0.05) is 54.6 Å². The smallest absolute Gasteiger partial charge is 0.321 e. The van der Waals surface area contributed by atoms with Gasteiger partial charge in [-0.05, 0) is 29.5 Å². The van der Waals surface area contributed by atoms with E-state index in [1.54, 1.807) is 0 Å². The fourth-order valence-corrected chi connectivity index (χ4v) is 2.97. The van der Waals surface area contributed by atoms with Crippen LogP contribution in [0.1, 0.15) is 16.7 Å². The second kappa shape index (κ2) is 6.10. The largest absolute Gasteiger partial charge is 0.480 e. The lowest BCUT2D eigenvalue weighted by Gasteiger charge is -2.34. The van der Waals surface area contributed by atoms with Crippen molar-refractivity contribution in [2.75, 3.05) is 6.54 Å². The van der Waals surface area contributed by atoms with Crippen LogP contribution in [0, 0.1) is 0 Å². The highest BCUT2D eigenvalue weighted by Gasteiger charge is 2.30. The Kier molecular flexibility index (Phi) is 4.02. The Bertz CT molecular complexity index is 624. The van der Waals surface area contributed by atoms with Crippen LogP contribution in [-0.2, 0) is 24.2 Å². The van der Waals surface area contributed by atoms with Crippen molar-refractivity contribution in [3.05, 3.63) is 71.3 Å². The van der Waals surface area contributed by atoms with Crippen LogP contribution in [-0.4, -0.2) is 28.6 Å². The van der Waals surface area contributed by atoms with Crippen molar-refractivity contribution >= 4 is 5.97 Å². The van der Waals surface area contributed by atoms with Crippen LogP contribution in [0.4, 0.5) is 0 Å². The second-order valence-electron chi connectivity index (χ2n) is 5.53. The lowest BCUT2D eigenvalue weighted by atomic mass is 9.93. The Morgan fingerprint density at radius 1 is 1.05 bits per heavy atom. The van der Waals surface area contributed by atoms with Crippen LogP contribution >= 0.6 is 0 Å². The molecular weight excluding hydrogens is 262 g/mol. The number of hydrogen-bond donors (Lipinski definition) is 1. The van der Waals surface area contributed by atoms with Crippen LogP contribution in [0.15, 0.2) is 54.6 Å². The molecule has 21 heavy (non-hydrogen) atoms. The maximum atomic E-state index is 11.5. The van der Waals surface area contributed by atoms with Crippen LogP contribution in [0.3, 0.4) is 0 Å². The van der Waals surface area contributed by atoms with E-state index in [1.807, 2.05) is 36.4 Å². The number of carbonyl (C=O) groups is 1. The first kappa shape index (κ1) is 13.8. The predicted octanol–water partition coefficient (Wildman–Crippen LogP) is 2.74. The fourth-order valence-electron chi connectivity index (χ4n) is 2.97. The average Bonchev–Trinajstić information content (AvgIpc) is 2.53. The van der Waals surface area contributed by atoms with E-state index in [4.69, 9.17) is 0 Å². The van der Waals surface area contributed by atoms with Gasteiger partial charge in [0.15, 0.2) is 0 Å². The molecule has 0 saturated carbocycles. The van der Waals surface area contributed by atoms with Crippen molar-refractivity contribution < 1.29 is 9.90 Å². The second-order valence-corrected chi connectivity index (χ2v) is 5.53. The van der Waals surface area contributed by atoms with Gasteiger partial charge in [-0.3, -0.25) is 9.69 Å². The standard InChI is InChI=1S/C18H19NO2/c20-18(21)17-12-15-8-4-5-9-16(15)13-19(17)11-10-14-6-2-1-3-7-14/h1-9,17H,10-13H2,(H,20,21). The molecule has 108 valence electrons. The number of hydrogen-bond acceptors (Lipinski definition) is 2. The molecule has 3 nitrogen and oxygen atoms in total. The summed E-state index contributed by atoms with van der Waals surface area (Å²) in [6.45, 7) is 1.50. The van der Waals surface area contributed by atoms with Gasteiger partial charge >= 0.3 is 5.97 Å². The van der Waals surface area contributed by atoms with E-state index < -0.39 is 12.0 Å². The Hall–Kier alpha value is -2.13. The van der Waals surface area contributed by atoms with Gasteiger partial charge < -0.3 is 5.11 Å². The van der Waals surface area contributed by atoms with Crippen molar-refractivity contribution in [2.45, 2.75) is 25.4 Å². The first-order chi connectivity index (χ1) is 10.2. The molecule has 1 N–H and O–H groups in total. The highest BCUT2D eigenvalue weighted by Crippen LogP contribution is 2.23. The summed E-state index contributed by atoms with van der Waals surface area (Å²) in [6.07, 6.45) is 1.48. The van der Waals surface area contributed by atoms with Crippen molar-refractivity contribution in [3.8, 4) is 0 Å². The number of nitrogens with zero attached hydrogens (tertiary/aromatic N) is 1. The molecular formula is C18H19NO2. The molecule has 0 aromatic heterocycles. The minimum atomic E-state index is -0.724. The molecule has 1 unspecified atom stereocenters. The number of carboxylic acid groups (broad SMARTS) is 1. The summed E-state index contributed by atoms with van der Waals surface area (Å²) in [5, 5.41) is 9.49. The van der Waals surface area contributed by atoms with Crippen molar-refractivity contribution in [3.63, 3.8) is 0 Å². The first-order valence-corrected chi connectivity index (χ1v) is 7.31. The zero-order valence-corrected chi connectivity index (χ0v) is 11.9. The quantitative estimate of drug-likeness (QED) is 0.937. The summed E-state index contributed by atoms with van der Waals surface area (Å²) < 4.78 is 0. The van der Waals surface area contributed by atoms with Crippen LogP contribution in [0.2, 0.25) is 0 Å². The zero-order chi connectivity index (χ0) is 14.7. The average molecular weight is 281 g/mol. The van der Waals surface area contributed by atoms with E-state index in [2.05, 4.69) is 23.1 Å². The maximum Gasteiger partial charge on any atom is 0.321 e. The summed E-state index contributed by atoms with van der Waals surface area (Å²) in [5.41, 5.74) is 3.67. The number of aliphatic carboxylic acids is 1. The third kappa shape index (κ3) is 3.14. The van der Waals surface area contributed by atoms with Crippen molar-refractivity contribution in [1.29, 1.82) is 0 Å². The zero-order valence-electron chi connectivity index (χ0n) is 11.9. The number of carboxylic acids is 1. The van der Waals surface area contributed by atoms with Crippen molar-refractivity contribution in [1.82, 2.24) is 4.90 Å². The molecule has 1 atom stereocenters. The van der Waals surface area contributed by atoms with Gasteiger partial charge in [-0.2, -0.15) is 0 Å². The van der Waals surface area contributed by atoms with Gasteiger partial charge in [0, 0.05) is 13.1 Å². The molecule has 1 aliphatic rings. The SMILES string of the molecule is O=C(O)C1Cc2ccccc2CN1CCc1ccccc1. The van der Waals surface area contributed by atoms with E-state index >= 15 is 0 Å². The highest BCUT2D eigenvalue weighted by molar-refractivity contribution is 5.74. The van der Waals surface area contributed by atoms with Gasteiger partial charge in [-0.25, -0.2) is 0 Å². The molecule has 0 amide bonds. The summed E-state index contributed by atoms with van der Waals surface area (Å²) in [7, 11) is 0. The monoisotopic (exact) mass is 281 g/mol. The van der Waals surface area contributed by atoms with E-state index in [-0.39, 0.29) is 0 Å². The molecule has 1 aliphatic heterocycles. The minimum Gasteiger partial charge on any atom is -0.480 e. The summed E-state index contributed by atoms with van der Waals surface area (Å²) in [5.74, 6) is -0.724. The van der Waals surface area contributed by atoms with Gasteiger partial charge in [-0.15, -0.1) is 0 Å². The summed E-state index contributed by atoms with van der Waals surface area (Å²) >= 11 is 0. The molecule has 0 saturated heterocycles. The Morgan fingerprint density at radius 3 is 2.43 bits per heavy atom. The number of fused-ring (bicyclic) bond motifs is 1. The van der Waals surface area contributed by atoms with Crippen LogP contribution in [0.25, 0.3) is 0 Å². The van der Waals surface area contributed by atoms with E-state index in [0.29, 0.717) is 6.42 Å². The van der Waals surface area contributed by atoms with Gasteiger partial charge in [0.25, 0.3) is 0 Å². The van der Waals surface area contributed by atoms with Gasteiger partial charge in [0.1, 0.15) is 6.04 Å². The summed E-state index contributed by atoms with van der Waals surface area (Å²) in [4.78, 5) is 13.6. The Labute approximate surface area is 124 Å². The predicted molar refractivity (Wildman–Crippen MR) is 82.1 cm³/mol. The van der Waals surface area contributed by atoms with Crippen molar-refractivity contribution in [2.24, 2.45) is 0 Å². The maximum absolute atomic E-state index is 11.5. The molecule has 3 rings (SSSR count). The van der Waals surface area contributed by atoms with E-state index in [1.165, 1.54) is 16.7 Å². The van der Waals surface area contributed by atoms with Crippen LogP contribution < -0.4 is 0 Å².